The molecule has 47 valence electrons. The second kappa shape index (κ2) is 4.72. The van der Waals surface area contributed by atoms with Crippen molar-refractivity contribution in [2.24, 2.45) is 0 Å². The number of hydrogen-bond acceptors (Lipinski definition) is 4. The van der Waals surface area contributed by atoms with E-state index in [9.17, 15) is 19.8 Å². The summed E-state index contributed by atoms with van der Waals surface area (Å²) in [4.78, 5) is 18.6. The van der Waals surface area contributed by atoms with Crippen LogP contribution < -0.4 is 10.2 Å². The summed E-state index contributed by atoms with van der Waals surface area (Å²) in [5.41, 5.74) is 0. The number of aliphatic carboxylic acids is 2. The molecule has 0 rings (SSSR count). The van der Waals surface area contributed by atoms with Crippen LogP contribution in [0.2, 0.25) is 0 Å². The summed E-state index contributed by atoms with van der Waals surface area (Å²) in [5, 5.41) is 18.6. The quantitative estimate of drug-likeness (QED) is 0.352. The molecule has 0 aliphatic heterocycles. The maximum Gasteiger partial charge on any atom is 2.00 e. The summed E-state index contributed by atoms with van der Waals surface area (Å²) < 4.78 is 0. The van der Waals surface area contributed by atoms with E-state index in [4.69, 9.17) is 0 Å². The second-order valence-electron chi connectivity index (χ2n) is 0.921. The van der Waals surface area contributed by atoms with E-state index >= 15 is 0 Å². The molecule has 4 nitrogen and oxygen atoms in total. The number of carboxylic acids is 2. The monoisotopic (exact) mass is 205 g/mol. The van der Waals surface area contributed by atoms with Crippen LogP contribution in [0.15, 0.2) is 0 Å². The number of hydrogen-bond donors (Lipinski definition) is 0. The van der Waals surface area contributed by atoms with Crippen molar-refractivity contribution in [3.63, 3.8) is 0 Å². The number of carbonyl (C=O) groups is 2. The van der Waals surface area contributed by atoms with Crippen LogP contribution in [0, 0.1) is 0 Å². The molecule has 0 N–H and O–H groups in total. The topological polar surface area (TPSA) is 80.3 Å². The summed E-state index contributed by atoms with van der Waals surface area (Å²) in [6.45, 7) is 0. The molecule has 0 heterocycles. The van der Waals surface area contributed by atoms with Crippen LogP contribution in [0.3, 0.4) is 0 Å². The van der Waals surface area contributed by atoms with Gasteiger partial charge in [-0.05, 0) is 0 Å². The minimum absolute atomic E-state index is 0. The van der Waals surface area contributed by atoms with Gasteiger partial charge in [0.1, 0.15) is 0 Å². The van der Waals surface area contributed by atoms with Gasteiger partial charge in [-0.1, -0.05) is 0 Å². The summed E-state index contributed by atoms with van der Waals surface area (Å²) >= 11 is 0. The van der Waals surface area contributed by atoms with Crippen molar-refractivity contribution >= 4 is 11.9 Å². The third kappa shape index (κ3) is 9.12. The van der Waals surface area contributed by atoms with Crippen molar-refractivity contribution in [3.8, 4) is 0 Å². The van der Waals surface area contributed by atoms with Crippen LogP contribution in [-0.2, 0) is 29.1 Å². The van der Waals surface area contributed by atoms with E-state index in [1.165, 1.54) is 0 Å². The SMILES string of the molecule is O=C([O-])CC(=O)[O-].[Rh+2]. The van der Waals surface area contributed by atoms with E-state index in [-0.39, 0.29) is 19.5 Å². The largest absolute Gasteiger partial charge is 2.00 e. The van der Waals surface area contributed by atoms with Gasteiger partial charge in [0.2, 0.25) is 0 Å². The Bertz CT molecular complexity index is 87.5. The Morgan fingerprint density at radius 1 is 1.12 bits per heavy atom. The molecule has 0 aromatic heterocycles. The van der Waals surface area contributed by atoms with Gasteiger partial charge in [-0.3, -0.25) is 0 Å². The smallest absolute Gasteiger partial charge is 0.550 e. The van der Waals surface area contributed by atoms with Crippen molar-refractivity contribution in [2.45, 2.75) is 6.42 Å². The average molecular weight is 205 g/mol. The van der Waals surface area contributed by atoms with E-state index in [2.05, 4.69) is 0 Å². The van der Waals surface area contributed by atoms with Crippen LogP contribution in [0.5, 0.6) is 0 Å². The molecule has 0 saturated heterocycles. The standard InChI is InChI=1S/C3H4O4.Rh/c4-2(5)1-3(6)7;/h1H2,(H,4,5)(H,6,7);/q;+2/p-2. The van der Waals surface area contributed by atoms with Crippen molar-refractivity contribution in [2.75, 3.05) is 0 Å². The molecule has 1 radical (unpaired) electrons. The van der Waals surface area contributed by atoms with E-state index in [1.807, 2.05) is 0 Å². The summed E-state index contributed by atoms with van der Waals surface area (Å²) in [5.74, 6) is -3.25. The molecule has 0 spiro atoms. The van der Waals surface area contributed by atoms with Crippen LogP contribution in [-0.4, -0.2) is 11.9 Å². The van der Waals surface area contributed by atoms with Gasteiger partial charge in [0.25, 0.3) is 0 Å². The van der Waals surface area contributed by atoms with Gasteiger partial charge < -0.3 is 19.8 Å². The molecule has 0 unspecified atom stereocenters. The molecule has 0 bridgehead atoms. The first-order valence-corrected chi connectivity index (χ1v) is 1.52. The van der Waals surface area contributed by atoms with Gasteiger partial charge in [-0.15, -0.1) is 0 Å². The summed E-state index contributed by atoms with van der Waals surface area (Å²) in [6.07, 6.45) is -1.03. The zero-order valence-corrected chi connectivity index (χ0v) is 5.31. The maximum absolute atomic E-state index is 9.28. The van der Waals surface area contributed by atoms with Crippen LogP contribution in [0.4, 0.5) is 0 Å². The Morgan fingerprint density at radius 2 is 1.38 bits per heavy atom. The molecule has 0 aromatic carbocycles. The molecule has 8 heavy (non-hydrogen) atoms. The van der Waals surface area contributed by atoms with Gasteiger partial charge in [-0.25, -0.2) is 0 Å². The third-order valence-corrected chi connectivity index (χ3v) is 0.289. The van der Waals surface area contributed by atoms with Crippen LogP contribution >= 0.6 is 0 Å². The van der Waals surface area contributed by atoms with Gasteiger partial charge in [0.05, 0.1) is 0 Å². The number of carbonyl (C=O) groups excluding carboxylic acids is 2. The van der Waals surface area contributed by atoms with Gasteiger partial charge >= 0.3 is 19.5 Å². The van der Waals surface area contributed by atoms with E-state index in [1.54, 1.807) is 0 Å². The Morgan fingerprint density at radius 3 is 1.38 bits per heavy atom. The summed E-state index contributed by atoms with van der Waals surface area (Å²) in [6, 6.07) is 0. The van der Waals surface area contributed by atoms with Crippen molar-refractivity contribution in [1.29, 1.82) is 0 Å². The molecular formula is C3H2O4Rh. The molecular weight excluding hydrogens is 203 g/mol. The van der Waals surface area contributed by atoms with E-state index in [0.717, 1.165) is 0 Å². The van der Waals surface area contributed by atoms with Crippen molar-refractivity contribution in [1.82, 2.24) is 0 Å². The first kappa shape index (κ1) is 10.5. The molecule has 0 aliphatic carbocycles. The Hall–Kier alpha value is -0.437. The van der Waals surface area contributed by atoms with Crippen LogP contribution in [0.25, 0.3) is 0 Å². The molecule has 0 amide bonds. The predicted octanol–water partition coefficient (Wildman–Crippen LogP) is -3.13. The fourth-order valence-corrected chi connectivity index (χ4v) is 0.118. The zero-order valence-electron chi connectivity index (χ0n) is 3.67. The Balaban J connectivity index is 0. The molecule has 0 fully saturated rings. The van der Waals surface area contributed by atoms with Crippen molar-refractivity contribution < 1.29 is 39.3 Å². The fourth-order valence-electron chi connectivity index (χ4n) is 0.118. The minimum atomic E-state index is -1.63. The van der Waals surface area contributed by atoms with Gasteiger partial charge in [0, 0.05) is 18.4 Å². The van der Waals surface area contributed by atoms with Crippen LogP contribution in [0.1, 0.15) is 6.42 Å². The Kier molecular flexibility index (Phi) is 6.21. The summed E-state index contributed by atoms with van der Waals surface area (Å²) in [7, 11) is 0. The normalized spacial score (nSPS) is 7.00. The average Bonchev–Trinajstić information content (AvgIpc) is 1.27. The minimum Gasteiger partial charge on any atom is -0.550 e. The maximum atomic E-state index is 9.28. The van der Waals surface area contributed by atoms with E-state index < -0.39 is 18.4 Å². The zero-order chi connectivity index (χ0) is 5.86. The first-order chi connectivity index (χ1) is 3.13. The van der Waals surface area contributed by atoms with E-state index in [0.29, 0.717) is 0 Å². The first-order valence-electron chi connectivity index (χ1n) is 1.52. The van der Waals surface area contributed by atoms with Gasteiger partial charge in [0.15, 0.2) is 0 Å². The molecule has 0 aliphatic rings. The van der Waals surface area contributed by atoms with Gasteiger partial charge in [-0.2, -0.15) is 0 Å². The number of carboxylic acid groups (broad SMARTS) is 2. The molecule has 5 heteroatoms. The van der Waals surface area contributed by atoms with Crippen molar-refractivity contribution in [3.05, 3.63) is 0 Å². The number of rotatable bonds is 2. The third-order valence-electron chi connectivity index (χ3n) is 0.289. The predicted molar refractivity (Wildman–Crippen MR) is 14.6 cm³/mol. The fraction of sp³-hybridized carbons (Fsp3) is 0.333. The molecule has 0 atom stereocenters. The molecule has 0 aromatic rings. The Labute approximate surface area is 58.3 Å². The molecule has 0 saturated carbocycles. The second-order valence-corrected chi connectivity index (χ2v) is 0.921.